The van der Waals surface area contributed by atoms with Gasteiger partial charge in [-0.2, -0.15) is 0 Å². The van der Waals surface area contributed by atoms with E-state index in [-0.39, 0.29) is 11.8 Å². The van der Waals surface area contributed by atoms with Gasteiger partial charge < -0.3 is 4.74 Å². The highest BCUT2D eigenvalue weighted by atomic mass is 79.9. The maximum Gasteiger partial charge on any atom is 0.266 e. The summed E-state index contributed by atoms with van der Waals surface area (Å²) in [7, 11) is 1.59. The zero-order valence-electron chi connectivity index (χ0n) is 18.8. The summed E-state index contributed by atoms with van der Waals surface area (Å²) in [6.45, 7) is 0. The Hall–Kier alpha value is -3.68. The third-order valence-corrected chi connectivity index (χ3v) is 7.14. The minimum absolute atomic E-state index is 0.290. The van der Waals surface area contributed by atoms with Gasteiger partial charge in [0, 0.05) is 15.4 Å². The highest BCUT2D eigenvalue weighted by Crippen LogP contribution is 2.50. The van der Waals surface area contributed by atoms with Crippen LogP contribution in [-0.4, -0.2) is 25.0 Å². The number of ether oxygens (including phenoxy) is 1. The van der Waals surface area contributed by atoms with Crippen molar-refractivity contribution < 1.29 is 19.2 Å². The van der Waals surface area contributed by atoms with Crippen molar-refractivity contribution in [1.29, 1.82) is 0 Å². The van der Waals surface area contributed by atoms with Gasteiger partial charge in [-0.25, -0.2) is 9.96 Å². The molecule has 0 unspecified atom stereocenters. The minimum atomic E-state index is -0.949. The molecular formula is C28H21BrN2O4. The van der Waals surface area contributed by atoms with Crippen molar-refractivity contribution in [2.75, 3.05) is 17.1 Å². The maximum absolute atomic E-state index is 14.0. The van der Waals surface area contributed by atoms with Gasteiger partial charge in [0.2, 0.25) is 5.91 Å². The predicted molar refractivity (Wildman–Crippen MR) is 137 cm³/mol. The van der Waals surface area contributed by atoms with Crippen molar-refractivity contribution in [3.63, 3.8) is 0 Å². The standard InChI is InChI=1S/C28H21BrN2O4/c1-34-23-15-14-18(29)16-21(23)25-24-26(35-31(25)19-10-3-2-4-11-19)28(33)30(27(24)32)22-13-7-9-17-8-5-6-12-20(17)22/h2-16,24-26H,1H3/t24-,25+,26-/m1/s1. The Balaban J connectivity index is 1.50. The van der Waals surface area contributed by atoms with Crippen LogP contribution in [0, 0.1) is 5.92 Å². The van der Waals surface area contributed by atoms with Crippen molar-refractivity contribution >= 4 is 49.9 Å². The van der Waals surface area contributed by atoms with E-state index < -0.39 is 18.1 Å². The van der Waals surface area contributed by atoms with Crippen LogP contribution in [0.4, 0.5) is 11.4 Å². The molecule has 0 aromatic heterocycles. The zero-order chi connectivity index (χ0) is 24.1. The average molecular weight is 529 g/mol. The largest absolute Gasteiger partial charge is 0.496 e. The maximum atomic E-state index is 14.0. The van der Waals surface area contributed by atoms with Crippen LogP contribution in [0.3, 0.4) is 0 Å². The molecule has 174 valence electrons. The molecule has 2 saturated heterocycles. The third kappa shape index (κ3) is 3.42. The molecule has 0 bridgehead atoms. The van der Waals surface area contributed by atoms with Crippen LogP contribution in [0.1, 0.15) is 11.6 Å². The molecule has 2 aliphatic heterocycles. The highest BCUT2D eigenvalue weighted by molar-refractivity contribution is 9.10. The van der Waals surface area contributed by atoms with Crippen molar-refractivity contribution in [3.8, 4) is 5.75 Å². The van der Waals surface area contributed by atoms with Crippen LogP contribution in [0.2, 0.25) is 0 Å². The van der Waals surface area contributed by atoms with Gasteiger partial charge in [0.1, 0.15) is 11.7 Å². The molecule has 0 aliphatic carbocycles. The lowest BCUT2D eigenvalue weighted by atomic mass is 9.90. The highest BCUT2D eigenvalue weighted by Gasteiger charge is 2.61. The van der Waals surface area contributed by atoms with E-state index in [9.17, 15) is 9.59 Å². The number of benzene rings is 4. The number of hydrogen-bond acceptors (Lipinski definition) is 5. The van der Waals surface area contributed by atoms with Crippen molar-refractivity contribution in [2.45, 2.75) is 12.1 Å². The monoisotopic (exact) mass is 528 g/mol. The number of carbonyl (C=O) groups is 2. The molecule has 2 heterocycles. The number of amides is 2. The molecule has 4 aromatic carbocycles. The second-order valence-corrected chi connectivity index (χ2v) is 9.47. The van der Waals surface area contributed by atoms with Crippen LogP contribution in [0.5, 0.6) is 5.75 Å². The molecule has 7 heteroatoms. The first kappa shape index (κ1) is 21.8. The summed E-state index contributed by atoms with van der Waals surface area (Å²) >= 11 is 3.55. The predicted octanol–water partition coefficient (Wildman–Crippen LogP) is 5.66. The average Bonchev–Trinajstić information content (AvgIpc) is 3.40. The number of anilines is 2. The molecule has 4 aromatic rings. The number of hydroxylamine groups is 1. The van der Waals surface area contributed by atoms with Gasteiger partial charge in [-0.15, -0.1) is 0 Å². The minimum Gasteiger partial charge on any atom is -0.496 e. The number of methoxy groups -OCH3 is 1. The first-order chi connectivity index (χ1) is 17.1. The Labute approximate surface area is 210 Å². The Kier molecular flexibility index (Phi) is 5.31. The molecule has 0 radical (unpaired) electrons. The van der Waals surface area contributed by atoms with Gasteiger partial charge in [-0.3, -0.25) is 14.4 Å². The molecule has 3 atom stereocenters. The Morgan fingerprint density at radius 1 is 0.857 bits per heavy atom. The van der Waals surface area contributed by atoms with Crippen LogP contribution in [0.25, 0.3) is 10.8 Å². The van der Waals surface area contributed by atoms with Gasteiger partial charge >= 0.3 is 0 Å². The van der Waals surface area contributed by atoms with E-state index in [1.165, 1.54) is 4.90 Å². The van der Waals surface area contributed by atoms with E-state index in [1.807, 2.05) is 91.0 Å². The number of fused-ring (bicyclic) bond motifs is 2. The summed E-state index contributed by atoms with van der Waals surface area (Å²) in [4.78, 5) is 35.3. The lowest BCUT2D eigenvalue weighted by molar-refractivity contribution is -0.126. The molecule has 2 aliphatic rings. The van der Waals surface area contributed by atoms with Gasteiger partial charge in [0.25, 0.3) is 5.91 Å². The molecular weight excluding hydrogens is 508 g/mol. The Bertz CT molecular complexity index is 1450. The van der Waals surface area contributed by atoms with E-state index in [1.54, 1.807) is 12.2 Å². The number of halogens is 1. The number of nitrogens with zero attached hydrogens (tertiary/aromatic N) is 2. The molecule has 2 fully saturated rings. The smallest absolute Gasteiger partial charge is 0.266 e. The summed E-state index contributed by atoms with van der Waals surface area (Å²) in [5, 5.41) is 3.48. The van der Waals surface area contributed by atoms with Gasteiger partial charge in [-0.1, -0.05) is 70.5 Å². The Morgan fingerprint density at radius 2 is 1.60 bits per heavy atom. The lowest BCUT2D eigenvalue weighted by Gasteiger charge is -2.30. The van der Waals surface area contributed by atoms with Crippen molar-refractivity contribution in [3.05, 3.63) is 101 Å². The molecule has 0 spiro atoms. The lowest BCUT2D eigenvalue weighted by Crippen LogP contribution is -2.37. The fraction of sp³-hybridized carbons (Fsp3) is 0.143. The van der Waals surface area contributed by atoms with E-state index in [4.69, 9.17) is 9.57 Å². The van der Waals surface area contributed by atoms with Crippen LogP contribution in [0.15, 0.2) is 95.5 Å². The number of rotatable bonds is 4. The number of hydrogen-bond donors (Lipinski definition) is 0. The summed E-state index contributed by atoms with van der Waals surface area (Å²) in [6.07, 6.45) is -0.949. The van der Waals surface area contributed by atoms with Crippen LogP contribution < -0.4 is 14.7 Å². The fourth-order valence-electron chi connectivity index (χ4n) is 5.11. The molecule has 6 nitrogen and oxygen atoms in total. The first-order valence-corrected chi connectivity index (χ1v) is 12.1. The third-order valence-electron chi connectivity index (χ3n) is 6.64. The summed E-state index contributed by atoms with van der Waals surface area (Å²) in [6, 6.07) is 27.9. The molecule has 6 rings (SSSR count). The Morgan fingerprint density at radius 3 is 2.40 bits per heavy atom. The second-order valence-electron chi connectivity index (χ2n) is 8.55. The molecule has 2 amide bonds. The van der Waals surface area contributed by atoms with E-state index in [0.717, 1.165) is 26.5 Å². The SMILES string of the molecule is COc1ccc(Br)cc1[C@H]1[C@H]2C(=O)N(c3cccc4ccccc34)C(=O)[C@@H]2ON1c1ccccc1. The van der Waals surface area contributed by atoms with Crippen LogP contribution >= 0.6 is 15.9 Å². The summed E-state index contributed by atoms with van der Waals surface area (Å²) < 4.78 is 6.50. The fourth-order valence-corrected chi connectivity index (χ4v) is 5.49. The molecule has 0 N–H and O–H groups in total. The number of para-hydroxylation sites is 1. The normalized spacial score (nSPS) is 21.6. The van der Waals surface area contributed by atoms with Gasteiger partial charge in [0.15, 0.2) is 6.10 Å². The van der Waals surface area contributed by atoms with Gasteiger partial charge in [0.05, 0.1) is 24.5 Å². The number of carbonyl (C=O) groups excluding carboxylic acids is 2. The van der Waals surface area contributed by atoms with E-state index in [0.29, 0.717) is 11.4 Å². The van der Waals surface area contributed by atoms with Gasteiger partial charge in [-0.05, 0) is 41.8 Å². The second kappa shape index (κ2) is 8.52. The van der Waals surface area contributed by atoms with E-state index in [2.05, 4.69) is 15.9 Å². The summed E-state index contributed by atoms with van der Waals surface area (Å²) in [5.74, 6) is -0.785. The molecule has 0 saturated carbocycles. The van der Waals surface area contributed by atoms with Crippen molar-refractivity contribution in [2.24, 2.45) is 5.92 Å². The zero-order valence-corrected chi connectivity index (χ0v) is 20.4. The van der Waals surface area contributed by atoms with Crippen LogP contribution in [-0.2, 0) is 14.4 Å². The number of imide groups is 1. The molecule has 35 heavy (non-hydrogen) atoms. The van der Waals surface area contributed by atoms with E-state index >= 15 is 0 Å². The summed E-state index contributed by atoms with van der Waals surface area (Å²) in [5.41, 5.74) is 2.09. The van der Waals surface area contributed by atoms with Crippen molar-refractivity contribution in [1.82, 2.24) is 0 Å². The quantitative estimate of drug-likeness (QED) is 0.320. The first-order valence-electron chi connectivity index (χ1n) is 11.3. The topological polar surface area (TPSA) is 59.1 Å².